The number of carbonyl (C=O) groups excluding carboxylic acids is 1. The lowest BCUT2D eigenvalue weighted by Gasteiger charge is -2.14. The van der Waals surface area contributed by atoms with Gasteiger partial charge in [-0.25, -0.2) is 10.4 Å². The molecule has 0 atom stereocenters. The van der Waals surface area contributed by atoms with Crippen molar-refractivity contribution in [3.63, 3.8) is 0 Å². The fourth-order valence-corrected chi connectivity index (χ4v) is 4.98. The minimum atomic E-state index is -0.274. The summed E-state index contributed by atoms with van der Waals surface area (Å²) < 4.78 is 18.0. The van der Waals surface area contributed by atoms with Crippen molar-refractivity contribution in [2.75, 3.05) is 12.9 Å². The number of thioether (sulfide) groups is 1. The van der Waals surface area contributed by atoms with Crippen LogP contribution in [0.25, 0.3) is 21.9 Å². The summed E-state index contributed by atoms with van der Waals surface area (Å²) in [5.41, 5.74) is 5.78. The quantitative estimate of drug-likeness (QED) is 0.121. The number of hydrazone groups is 1. The first-order valence-electron chi connectivity index (χ1n) is 11.4. The maximum absolute atomic E-state index is 12.2. The van der Waals surface area contributed by atoms with E-state index >= 15 is 0 Å². The molecule has 0 saturated heterocycles. The molecule has 7 nitrogen and oxygen atoms in total. The summed E-state index contributed by atoms with van der Waals surface area (Å²) in [5.74, 6) is 0.989. The van der Waals surface area contributed by atoms with Crippen molar-refractivity contribution in [2.24, 2.45) is 5.10 Å². The molecule has 1 N–H and O–H groups in total. The minimum Gasteiger partial charge on any atom is -0.493 e. The number of oxazole rings is 1. The van der Waals surface area contributed by atoms with E-state index in [1.807, 2.05) is 48.5 Å². The second-order valence-corrected chi connectivity index (χ2v) is 9.77. The van der Waals surface area contributed by atoms with Crippen LogP contribution >= 0.6 is 27.7 Å². The Labute approximate surface area is 226 Å². The third-order valence-corrected chi connectivity index (χ3v) is 6.92. The molecule has 0 aliphatic heterocycles. The molecule has 0 aliphatic carbocycles. The number of amides is 1. The van der Waals surface area contributed by atoms with Gasteiger partial charge >= 0.3 is 0 Å². The molecule has 37 heavy (non-hydrogen) atoms. The molecule has 9 heteroatoms. The highest BCUT2D eigenvalue weighted by Gasteiger charge is 2.13. The number of halogens is 1. The van der Waals surface area contributed by atoms with Crippen LogP contribution in [0.5, 0.6) is 11.5 Å². The smallest absolute Gasteiger partial charge is 0.257 e. The van der Waals surface area contributed by atoms with Gasteiger partial charge in [-0.15, -0.1) is 0 Å². The Hall–Kier alpha value is -3.82. The highest BCUT2D eigenvalue weighted by Crippen LogP contribution is 2.37. The number of para-hydroxylation sites is 2. The van der Waals surface area contributed by atoms with Gasteiger partial charge in [0.1, 0.15) is 12.1 Å². The van der Waals surface area contributed by atoms with Gasteiger partial charge in [0.2, 0.25) is 0 Å². The van der Waals surface area contributed by atoms with Crippen molar-refractivity contribution in [1.82, 2.24) is 10.4 Å². The van der Waals surface area contributed by atoms with Crippen molar-refractivity contribution in [3.05, 3.63) is 94.5 Å². The summed E-state index contributed by atoms with van der Waals surface area (Å²) in [6.45, 7) is 0.386. The molecule has 1 heterocycles. The topological polar surface area (TPSA) is 86.0 Å². The fraction of sp³-hybridized carbons (Fsp3) is 0.107. The zero-order chi connectivity index (χ0) is 25.6. The van der Waals surface area contributed by atoms with E-state index in [0.717, 1.165) is 27.4 Å². The summed E-state index contributed by atoms with van der Waals surface area (Å²) in [7, 11) is 1.58. The SMILES string of the molecule is COc1cc(/C=N\NC(=O)CSc2nc3ccccc3o2)cc(Br)c1OCc1cccc2ccccc12. The largest absolute Gasteiger partial charge is 0.493 e. The maximum Gasteiger partial charge on any atom is 0.257 e. The second kappa shape index (κ2) is 11.5. The van der Waals surface area contributed by atoms with Crippen molar-refractivity contribution in [1.29, 1.82) is 0 Å². The molecule has 0 aliphatic rings. The number of benzene rings is 4. The van der Waals surface area contributed by atoms with Gasteiger partial charge in [0.05, 0.1) is 23.5 Å². The monoisotopic (exact) mass is 575 g/mol. The van der Waals surface area contributed by atoms with Gasteiger partial charge in [-0.1, -0.05) is 66.4 Å². The van der Waals surface area contributed by atoms with Crippen LogP contribution in [0.2, 0.25) is 0 Å². The Balaban J connectivity index is 1.20. The number of hydrogen-bond donors (Lipinski definition) is 1. The van der Waals surface area contributed by atoms with Crippen LogP contribution in [-0.2, 0) is 11.4 Å². The summed E-state index contributed by atoms with van der Waals surface area (Å²) in [6.07, 6.45) is 1.55. The minimum absolute atomic E-state index is 0.123. The number of hydrogen-bond acceptors (Lipinski definition) is 7. The van der Waals surface area contributed by atoms with Crippen molar-refractivity contribution < 1.29 is 18.7 Å². The number of aromatic nitrogens is 1. The molecule has 5 aromatic rings. The Morgan fingerprint density at radius 1 is 1.11 bits per heavy atom. The van der Waals surface area contributed by atoms with Crippen LogP contribution in [0, 0.1) is 0 Å². The standard InChI is InChI=1S/C28H22BrN3O4S/c1-34-25-14-18(15-30-32-26(33)17-37-28-31-23-11-4-5-12-24(23)36-28)13-22(29)27(25)35-16-20-9-6-8-19-7-2-3-10-21(19)20/h2-15H,16-17H2,1H3,(H,32,33)/b30-15-. The molecular formula is C28H22BrN3O4S. The van der Waals surface area contributed by atoms with Crippen LogP contribution in [-0.4, -0.2) is 30.0 Å². The van der Waals surface area contributed by atoms with Crippen molar-refractivity contribution in [3.8, 4) is 11.5 Å². The number of nitrogens with zero attached hydrogens (tertiary/aromatic N) is 2. The van der Waals surface area contributed by atoms with E-state index in [0.29, 0.717) is 33.4 Å². The summed E-state index contributed by atoms with van der Waals surface area (Å²) in [4.78, 5) is 16.6. The molecule has 0 bridgehead atoms. The Morgan fingerprint density at radius 2 is 1.92 bits per heavy atom. The number of rotatable bonds is 9. The lowest BCUT2D eigenvalue weighted by Crippen LogP contribution is -2.19. The van der Waals surface area contributed by atoms with Gasteiger partial charge < -0.3 is 13.9 Å². The molecule has 186 valence electrons. The van der Waals surface area contributed by atoms with Crippen LogP contribution in [0.15, 0.2) is 98.1 Å². The molecule has 0 spiro atoms. The molecular weight excluding hydrogens is 554 g/mol. The first-order chi connectivity index (χ1) is 18.1. The third kappa shape index (κ3) is 5.95. The van der Waals surface area contributed by atoms with Gasteiger partial charge in [-0.3, -0.25) is 4.79 Å². The van der Waals surface area contributed by atoms with Crippen molar-refractivity contribution >= 4 is 61.7 Å². The van der Waals surface area contributed by atoms with E-state index in [-0.39, 0.29) is 11.7 Å². The van der Waals surface area contributed by atoms with Gasteiger partial charge in [0.25, 0.3) is 11.1 Å². The lowest BCUT2D eigenvalue weighted by atomic mass is 10.1. The number of fused-ring (bicyclic) bond motifs is 2. The zero-order valence-corrected chi connectivity index (χ0v) is 22.2. The number of carbonyl (C=O) groups is 1. The first kappa shape index (κ1) is 24.9. The molecule has 0 radical (unpaired) electrons. The fourth-order valence-electron chi connectivity index (χ4n) is 3.77. The van der Waals surface area contributed by atoms with Crippen molar-refractivity contribution in [2.45, 2.75) is 11.8 Å². The molecule has 1 aromatic heterocycles. The molecule has 0 unspecified atom stereocenters. The Morgan fingerprint density at radius 3 is 2.78 bits per heavy atom. The lowest BCUT2D eigenvalue weighted by molar-refractivity contribution is -0.118. The zero-order valence-electron chi connectivity index (χ0n) is 19.8. The molecule has 4 aromatic carbocycles. The van der Waals surface area contributed by atoms with Crippen LogP contribution in [0.4, 0.5) is 0 Å². The Bertz CT molecular complexity index is 1560. The number of nitrogens with one attached hydrogen (secondary N) is 1. The summed E-state index contributed by atoms with van der Waals surface area (Å²) in [5, 5.41) is 6.81. The van der Waals surface area contributed by atoms with Gasteiger partial charge in [-0.05, 0) is 62.1 Å². The van der Waals surface area contributed by atoms with Crippen LogP contribution in [0.1, 0.15) is 11.1 Å². The first-order valence-corrected chi connectivity index (χ1v) is 13.2. The molecule has 0 saturated carbocycles. The van der Waals surface area contributed by atoms with E-state index < -0.39 is 0 Å². The second-order valence-electron chi connectivity index (χ2n) is 7.99. The maximum atomic E-state index is 12.2. The summed E-state index contributed by atoms with van der Waals surface area (Å²) in [6, 6.07) is 25.5. The van der Waals surface area contributed by atoms with Gasteiger partial charge in [0.15, 0.2) is 17.1 Å². The highest BCUT2D eigenvalue weighted by atomic mass is 79.9. The number of ether oxygens (including phenoxy) is 2. The number of methoxy groups -OCH3 is 1. The normalized spacial score (nSPS) is 11.3. The average molecular weight is 576 g/mol. The predicted molar refractivity (Wildman–Crippen MR) is 149 cm³/mol. The van der Waals surface area contributed by atoms with E-state index in [1.54, 1.807) is 19.4 Å². The predicted octanol–water partition coefficient (Wildman–Crippen LogP) is 6.57. The van der Waals surface area contributed by atoms with Crippen LogP contribution < -0.4 is 14.9 Å². The highest BCUT2D eigenvalue weighted by molar-refractivity contribution is 9.10. The molecule has 5 rings (SSSR count). The van der Waals surface area contributed by atoms with Crippen LogP contribution in [0.3, 0.4) is 0 Å². The van der Waals surface area contributed by atoms with Gasteiger partial charge in [-0.2, -0.15) is 5.10 Å². The molecule has 1 amide bonds. The van der Waals surface area contributed by atoms with E-state index in [4.69, 9.17) is 13.9 Å². The third-order valence-electron chi connectivity index (χ3n) is 5.51. The molecule has 0 fully saturated rings. The summed E-state index contributed by atoms with van der Waals surface area (Å²) >= 11 is 4.78. The van der Waals surface area contributed by atoms with E-state index in [2.05, 4.69) is 55.7 Å². The van der Waals surface area contributed by atoms with E-state index in [1.165, 1.54) is 11.8 Å². The van der Waals surface area contributed by atoms with Gasteiger partial charge in [0, 0.05) is 0 Å². The average Bonchev–Trinajstić information content (AvgIpc) is 3.34. The Kier molecular flexibility index (Phi) is 7.72. The van der Waals surface area contributed by atoms with E-state index in [9.17, 15) is 4.79 Å².